The van der Waals surface area contributed by atoms with E-state index in [0.29, 0.717) is 6.42 Å². The van der Waals surface area contributed by atoms with Crippen LogP contribution in [0.15, 0.2) is 67.1 Å². The minimum atomic E-state index is -1.40. The van der Waals surface area contributed by atoms with Crippen molar-refractivity contribution in [3.63, 3.8) is 0 Å². The van der Waals surface area contributed by atoms with Gasteiger partial charge in [-0.05, 0) is 49.0 Å². The number of amides is 1. The summed E-state index contributed by atoms with van der Waals surface area (Å²) in [5.74, 6) is 1.32. The molecule has 0 bridgehead atoms. The van der Waals surface area contributed by atoms with Crippen molar-refractivity contribution in [3.05, 3.63) is 78.4 Å². The summed E-state index contributed by atoms with van der Waals surface area (Å²) in [5, 5.41) is 0. The molecule has 1 aromatic heterocycles. The van der Waals surface area contributed by atoms with E-state index in [1.807, 2.05) is 53.1 Å². The molecule has 2 N–H and O–H groups in total. The Morgan fingerprint density at radius 2 is 1.74 bits per heavy atom. The summed E-state index contributed by atoms with van der Waals surface area (Å²) in [7, 11) is -1.40. The van der Waals surface area contributed by atoms with Crippen LogP contribution in [0, 0.1) is 11.3 Å². The van der Waals surface area contributed by atoms with E-state index in [-0.39, 0.29) is 29.2 Å². The summed E-state index contributed by atoms with van der Waals surface area (Å²) < 4.78 is 14.9. The number of benzene rings is 2. The fourth-order valence-electron chi connectivity index (χ4n) is 4.07. The molecule has 0 spiro atoms. The number of aromatic nitrogens is 2. The van der Waals surface area contributed by atoms with Crippen molar-refractivity contribution in [2.24, 2.45) is 17.1 Å². The Hall–Kier alpha value is -2.90. The zero-order valence-corrected chi connectivity index (χ0v) is 22.2. The van der Waals surface area contributed by atoms with Crippen molar-refractivity contribution in [3.8, 4) is 11.5 Å². The van der Waals surface area contributed by atoms with Gasteiger partial charge in [-0.15, -0.1) is 0 Å². The minimum Gasteiger partial charge on any atom is -0.457 e. The average Bonchev–Trinajstić information content (AvgIpc) is 3.27. The van der Waals surface area contributed by atoms with E-state index < -0.39 is 14.9 Å². The lowest BCUT2D eigenvalue weighted by molar-refractivity contribution is 0.0995. The molecule has 0 saturated heterocycles. The number of primary amides is 1. The molecule has 7 heteroatoms. The van der Waals surface area contributed by atoms with Gasteiger partial charge in [0.1, 0.15) is 17.2 Å². The SMILES string of the molecule is C[C@H]([C@@H](CC(O[SiH](C)C)c1ccccc1Oc1ccccc1)n1cnc(C(N)=O)c1)C(C)(C)C. The van der Waals surface area contributed by atoms with Crippen molar-refractivity contribution >= 4 is 14.9 Å². The molecule has 0 saturated carbocycles. The first kappa shape index (κ1) is 25.7. The number of imidazole rings is 1. The quantitative estimate of drug-likeness (QED) is 0.355. The third-order valence-electron chi connectivity index (χ3n) is 6.31. The lowest BCUT2D eigenvalue weighted by atomic mass is 9.75. The Morgan fingerprint density at radius 1 is 1.09 bits per heavy atom. The van der Waals surface area contributed by atoms with Crippen LogP contribution in [0.5, 0.6) is 11.5 Å². The molecule has 2 aromatic carbocycles. The molecule has 3 atom stereocenters. The van der Waals surface area contributed by atoms with Gasteiger partial charge in [-0.2, -0.15) is 0 Å². The van der Waals surface area contributed by atoms with Crippen molar-refractivity contribution in [1.82, 2.24) is 9.55 Å². The smallest absolute Gasteiger partial charge is 0.268 e. The summed E-state index contributed by atoms with van der Waals surface area (Å²) in [6.45, 7) is 13.3. The van der Waals surface area contributed by atoms with E-state index in [4.69, 9.17) is 14.9 Å². The molecule has 0 aliphatic carbocycles. The molecule has 1 heterocycles. The highest BCUT2D eigenvalue weighted by molar-refractivity contribution is 6.48. The van der Waals surface area contributed by atoms with Crippen LogP contribution in [-0.2, 0) is 4.43 Å². The van der Waals surface area contributed by atoms with Gasteiger partial charge in [0.25, 0.3) is 5.91 Å². The predicted molar refractivity (Wildman–Crippen MR) is 139 cm³/mol. The van der Waals surface area contributed by atoms with E-state index in [0.717, 1.165) is 17.1 Å². The standard InChI is InChI=1S/C27H37N3O3Si/c1-19(27(2,3)4)23(30-17-22(26(28)31)29-18-30)16-25(33-34(5)6)21-14-10-11-15-24(21)32-20-12-8-7-9-13-20/h7-15,17-19,23,25,34H,16H2,1-6H3,(H2,28,31)/t19-,23-,25?/m1/s1. The number of hydrogen-bond donors (Lipinski definition) is 1. The summed E-state index contributed by atoms with van der Waals surface area (Å²) in [4.78, 5) is 16.0. The van der Waals surface area contributed by atoms with Crippen LogP contribution in [0.25, 0.3) is 0 Å². The van der Waals surface area contributed by atoms with Gasteiger partial charge in [-0.3, -0.25) is 4.79 Å². The number of rotatable bonds is 10. The molecular formula is C27H37N3O3Si. The second kappa shape index (κ2) is 11.0. The normalized spacial score (nSPS) is 14.6. The molecular weight excluding hydrogens is 442 g/mol. The topological polar surface area (TPSA) is 79.4 Å². The number of nitrogens with two attached hydrogens (primary N) is 1. The molecule has 0 radical (unpaired) electrons. The van der Waals surface area contributed by atoms with Gasteiger partial charge in [0.2, 0.25) is 0 Å². The van der Waals surface area contributed by atoms with Crippen LogP contribution in [-0.4, -0.2) is 24.5 Å². The Bertz CT molecular complexity index is 1080. The van der Waals surface area contributed by atoms with Gasteiger partial charge in [0, 0.05) is 17.8 Å². The van der Waals surface area contributed by atoms with Crippen LogP contribution >= 0.6 is 0 Å². The van der Waals surface area contributed by atoms with Crippen LogP contribution in [0.2, 0.25) is 13.1 Å². The summed E-state index contributed by atoms with van der Waals surface area (Å²) in [6, 6.07) is 17.9. The van der Waals surface area contributed by atoms with Gasteiger partial charge < -0.3 is 19.5 Å². The number of para-hydroxylation sites is 2. The highest BCUT2D eigenvalue weighted by Gasteiger charge is 2.33. The van der Waals surface area contributed by atoms with Crippen molar-refractivity contribution in [1.29, 1.82) is 0 Å². The van der Waals surface area contributed by atoms with E-state index in [1.54, 1.807) is 12.5 Å². The van der Waals surface area contributed by atoms with Crippen molar-refractivity contribution in [2.45, 2.75) is 59.4 Å². The van der Waals surface area contributed by atoms with E-state index in [2.05, 4.69) is 51.8 Å². The van der Waals surface area contributed by atoms with Crippen LogP contribution in [0.1, 0.15) is 62.3 Å². The van der Waals surface area contributed by atoms with E-state index >= 15 is 0 Å². The Balaban J connectivity index is 2.01. The maximum absolute atomic E-state index is 11.7. The molecule has 0 aliphatic heterocycles. The fraction of sp³-hybridized carbons (Fsp3) is 0.407. The zero-order valence-electron chi connectivity index (χ0n) is 21.1. The lowest BCUT2D eigenvalue weighted by Gasteiger charge is -2.37. The highest BCUT2D eigenvalue weighted by Crippen LogP contribution is 2.42. The maximum Gasteiger partial charge on any atom is 0.268 e. The number of hydrogen-bond acceptors (Lipinski definition) is 4. The monoisotopic (exact) mass is 479 g/mol. The molecule has 3 rings (SSSR count). The summed E-state index contributed by atoms with van der Waals surface area (Å²) in [6.07, 6.45) is 4.02. The third kappa shape index (κ3) is 6.58. The van der Waals surface area contributed by atoms with E-state index in [9.17, 15) is 4.79 Å². The molecule has 1 unspecified atom stereocenters. The third-order valence-corrected chi connectivity index (χ3v) is 7.18. The van der Waals surface area contributed by atoms with Gasteiger partial charge in [0.15, 0.2) is 9.04 Å². The molecule has 1 amide bonds. The zero-order chi connectivity index (χ0) is 24.9. The van der Waals surface area contributed by atoms with Gasteiger partial charge in [0.05, 0.1) is 12.4 Å². The first-order valence-corrected chi connectivity index (χ1v) is 14.6. The Labute approximate surface area is 204 Å². The lowest BCUT2D eigenvalue weighted by Crippen LogP contribution is -2.30. The van der Waals surface area contributed by atoms with Crippen LogP contribution < -0.4 is 10.5 Å². The molecule has 6 nitrogen and oxygen atoms in total. The molecule has 182 valence electrons. The second-order valence-corrected chi connectivity index (χ2v) is 12.5. The van der Waals surface area contributed by atoms with Crippen molar-refractivity contribution in [2.75, 3.05) is 0 Å². The number of ether oxygens (including phenoxy) is 1. The minimum absolute atomic E-state index is 0.0295. The first-order chi connectivity index (χ1) is 16.1. The van der Waals surface area contributed by atoms with Crippen LogP contribution in [0.4, 0.5) is 0 Å². The number of carbonyl (C=O) groups excluding carboxylic acids is 1. The summed E-state index contributed by atoms with van der Waals surface area (Å²) >= 11 is 0. The highest BCUT2D eigenvalue weighted by atomic mass is 28.3. The average molecular weight is 480 g/mol. The fourth-order valence-corrected chi connectivity index (χ4v) is 4.98. The van der Waals surface area contributed by atoms with E-state index in [1.165, 1.54) is 0 Å². The molecule has 3 aromatic rings. The largest absolute Gasteiger partial charge is 0.457 e. The molecule has 0 aliphatic rings. The van der Waals surface area contributed by atoms with Gasteiger partial charge in [-0.25, -0.2) is 4.98 Å². The summed E-state index contributed by atoms with van der Waals surface area (Å²) in [5.41, 5.74) is 6.81. The van der Waals surface area contributed by atoms with Gasteiger partial charge in [-0.1, -0.05) is 64.1 Å². The predicted octanol–water partition coefficient (Wildman–Crippen LogP) is 6.13. The van der Waals surface area contributed by atoms with Crippen LogP contribution in [0.3, 0.4) is 0 Å². The van der Waals surface area contributed by atoms with Crippen molar-refractivity contribution < 1.29 is 14.0 Å². The second-order valence-electron chi connectivity index (χ2n) is 10.2. The first-order valence-electron chi connectivity index (χ1n) is 11.9. The van der Waals surface area contributed by atoms with Gasteiger partial charge >= 0.3 is 0 Å². The molecule has 34 heavy (non-hydrogen) atoms. The Kier molecular flexibility index (Phi) is 8.33. The number of carbonyl (C=O) groups is 1. The molecule has 0 fully saturated rings. The Morgan fingerprint density at radius 3 is 2.32 bits per heavy atom. The number of nitrogens with zero attached hydrogens (tertiary/aromatic N) is 2. The maximum atomic E-state index is 11.7.